The van der Waals surface area contributed by atoms with Gasteiger partial charge < -0.3 is 10.5 Å². The Balaban J connectivity index is 3.10. The standard InChI is InChI=1S/C8H12N4O/c1-3-13-8-6(7(9)10)4-11-5(2)12-8/h4H,3H2,1-2H3,(H3,9,10). The summed E-state index contributed by atoms with van der Waals surface area (Å²) in [6.07, 6.45) is 1.50. The maximum atomic E-state index is 7.24. The van der Waals surface area contributed by atoms with Crippen LogP contribution in [0.1, 0.15) is 18.3 Å². The summed E-state index contributed by atoms with van der Waals surface area (Å²) in [5.74, 6) is 0.902. The van der Waals surface area contributed by atoms with Crippen LogP contribution in [-0.4, -0.2) is 22.4 Å². The van der Waals surface area contributed by atoms with E-state index < -0.39 is 0 Å². The Morgan fingerprint density at radius 3 is 2.92 bits per heavy atom. The topological polar surface area (TPSA) is 84.9 Å². The number of nitrogens with one attached hydrogen (secondary N) is 1. The maximum absolute atomic E-state index is 7.24. The molecule has 70 valence electrons. The number of amidine groups is 1. The van der Waals surface area contributed by atoms with E-state index in [4.69, 9.17) is 15.9 Å². The number of aryl methyl sites for hydroxylation is 1. The van der Waals surface area contributed by atoms with Crippen molar-refractivity contribution < 1.29 is 4.74 Å². The van der Waals surface area contributed by atoms with E-state index in [1.807, 2.05) is 6.92 Å². The first-order chi connectivity index (χ1) is 6.15. The summed E-state index contributed by atoms with van der Waals surface area (Å²) in [5.41, 5.74) is 5.76. The zero-order chi connectivity index (χ0) is 9.84. The van der Waals surface area contributed by atoms with Gasteiger partial charge in [0.2, 0.25) is 5.88 Å². The fraction of sp³-hybridized carbons (Fsp3) is 0.375. The van der Waals surface area contributed by atoms with E-state index >= 15 is 0 Å². The summed E-state index contributed by atoms with van der Waals surface area (Å²) in [7, 11) is 0. The van der Waals surface area contributed by atoms with Crippen LogP contribution in [0.25, 0.3) is 0 Å². The van der Waals surface area contributed by atoms with Crippen molar-refractivity contribution in [3.05, 3.63) is 17.6 Å². The normalized spacial score (nSPS) is 9.69. The molecule has 1 aromatic heterocycles. The first-order valence-corrected chi connectivity index (χ1v) is 3.96. The average molecular weight is 180 g/mol. The van der Waals surface area contributed by atoms with E-state index in [1.165, 1.54) is 6.20 Å². The van der Waals surface area contributed by atoms with Crippen LogP contribution < -0.4 is 10.5 Å². The summed E-state index contributed by atoms with van der Waals surface area (Å²) < 4.78 is 5.21. The van der Waals surface area contributed by atoms with Crippen molar-refractivity contribution in [2.45, 2.75) is 13.8 Å². The van der Waals surface area contributed by atoms with Gasteiger partial charge in [0.15, 0.2) is 0 Å². The van der Waals surface area contributed by atoms with E-state index in [-0.39, 0.29) is 5.84 Å². The Labute approximate surface area is 76.5 Å². The Morgan fingerprint density at radius 1 is 1.69 bits per heavy atom. The molecular formula is C8H12N4O. The minimum absolute atomic E-state index is 0.0801. The molecular weight excluding hydrogens is 168 g/mol. The van der Waals surface area contributed by atoms with Gasteiger partial charge in [-0.1, -0.05) is 0 Å². The molecule has 0 aliphatic carbocycles. The first-order valence-electron chi connectivity index (χ1n) is 3.96. The van der Waals surface area contributed by atoms with Crippen molar-refractivity contribution in [1.82, 2.24) is 9.97 Å². The van der Waals surface area contributed by atoms with Crippen LogP contribution in [0.2, 0.25) is 0 Å². The molecule has 0 aromatic carbocycles. The molecule has 0 aliphatic heterocycles. The van der Waals surface area contributed by atoms with Gasteiger partial charge in [-0.25, -0.2) is 4.98 Å². The molecule has 1 aromatic rings. The van der Waals surface area contributed by atoms with Crippen LogP contribution in [0.15, 0.2) is 6.20 Å². The second-order valence-corrected chi connectivity index (χ2v) is 2.48. The summed E-state index contributed by atoms with van der Waals surface area (Å²) in [5, 5.41) is 7.24. The molecule has 0 saturated heterocycles. The van der Waals surface area contributed by atoms with Crippen LogP contribution >= 0.6 is 0 Å². The highest BCUT2D eigenvalue weighted by molar-refractivity contribution is 5.96. The predicted octanol–water partition coefficient (Wildman–Crippen LogP) is 0.468. The molecule has 5 heteroatoms. The minimum atomic E-state index is -0.0801. The van der Waals surface area contributed by atoms with Crippen LogP contribution in [0, 0.1) is 12.3 Å². The zero-order valence-electron chi connectivity index (χ0n) is 7.66. The highest BCUT2D eigenvalue weighted by atomic mass is 16.5. The molecule has 0 spiro atoms. The summed E-state index contributed by atoms with van der Waals surface area (Å²) in [6.45, 7) is 4.10. The van der Waals surface area contributed by atoms with Gasteiger partial charge in [-0.05, 0) is 13.8 Å². The molecule has 13 heavy (non-hydrogen) atoms. The lowest BCUT2D eigenvalue weighted by Crippen LogP contribution is -2.15. The van der Waals surface area contributed by atoms with E-state index in [0.29, 0.717) is 23.9 Å². The van der Waals surface area contributed by atoms with Gasteiger partial charge in [0.05, 0.1) is 12.2 Å². The van der Waals surface area contributed by atoms with Crippen molar-refractivity contribution in [3.8, 4) is 5.88 Å². The van der Waals surface area contributed by atoms with Crippen LogP contribution in [0.3, 0.4) is 0 Å². The van der Waals surface area contributed by atoms with Gasteiger partial charge in [0, 0.05) is 6.20 Å². The van der Waals surface area contributed by atoms with Gasteiger partial charge >= 0.3 is 0 Å². The Kier molecular flexibility index (Phi) is 2.79. The van der Waals surface area contributed by atoms with Crippen LogP contribution in [0.4, 0.5) is 0 Å². The summed E-state index contributed by atoms with van der Waals surface area (Å²) in [6, 6.07) is 0. The lowest BCUT2D eigenvalue weighted by atomic mass is 10.3. The smallest absolute Gasteiger partial charge is 0.227 e. The fourth-order valence-electron chi connectivity index (χ4n) is 0.881. The Hall–Kier alpha value is -1.65. The van der Waals surface area contributed by atoms with Crippen LogP contribution in [0.5, 0.6) is 5.88 Å². The lowest BCUT2D eigenvalue weighted by molar-refractivity contribution is 0.324. The summed E-state index contributed by atoms with van der Waals surface area (Å²) >= 11 is 0. The highest BCUT2D eigenvalue weighted by Gasteiger charge is 2.08. The Morgan fingerprint density at radius 2 is 2.38 bits per heavy atom. The Bertz CT molecular complexity index is 324. The van der Waals surface area contributed by atoms with E-state index in [2.05, 4.69) is 9.97 Å². The average Bonchev–Trinajstić information content (AvgIpc) is 2.04. The van der Waals surface area contributed by atoms with Gasteiger partial charge in [0.1, 0.15) is 11.7 Å². The third-order valence-electron chi connectivity index (χ3n) is 1.45. The number of nitrogen functional groups attached to an aromatic ring is 1. The number of ether oxygens (including phenoxy) is 1. The van der Waals surface area contributed by atoms with Gasteiger partial charge in [-0.15, -0.1) is 0 Å². The van der Waals surface area contributed by atoms with E-state index in [9.17, 15) is 0 Å². The SMILES string of the molecule is CCOc1nc(C)ncc1C(=N)N. The third kappa shape index (κ3) is 2.14. The molecule has 3 N–H and O–H groups in total. The third-order valence-corrected chi connectivity index (χ3v) is 1.45. The molecule has 0 amide bonds. The molecule has 0 fully saturated rings. The molecule has 5 nitrogen and oxygen atoms in total. The molecule has 1 rings (SSSR count). The predicted molar refractivity (Wildman–Crippen MR) is 49.0 cm³/mol. The molecule has 0 radical (unpaired) electrons. The second-order valence-electron chi connectivity index (χ2n) is 2.48. The van der Waals surface area contributed by atoms with Crippen molar-refractivity contribution in [2.24, 2.45) is 5.73 Å². The number of nitrogens with zero attached hydrogens (tertiary/aromatic N) is 2. The molecule has 0 bridgehead atoms. The first kappa shape index (κ1) is 9.44. The van der Waals surface area contributed by atoms with Gasteiger partial charge in [0.25, 0.3) is 0 Å². The number of rotatable bonds is 3. The summed E-state index contributed by atoms with van der Waals surface area (Å²) in [4.78, 5) is 7.96. The van der Waals surface area contributed by atoms with Crippen molar-refractivity contribution in [1.29, 1.82) is 5.41 Å². The molecule has 0 aliphatic rings. The number of hydrogen-bond acceptors (Lipinski definition) is 4. The fourth-order valence-corrected chi connectivity index (χ4v) is 0.881. The van der Waals surface area contributed by atoms with E-state index in [1.54, 1.807) is 6.92 Å². The largest absolute Gasteiger partial charge is 0.477 e. The zero-order valence-corrected chi connectivity index (χ0v) is 7.66. The highest BCUT2D eigenvalue weighted by Crippen LogP contribution is 2.13. The number of nitrogens with two attached hydrogens (primary N) is 1. The van der Waals surface area contributed by atoms with Crippen molar-refractivity contribution in [2.75, 3.05) is 6.61 Å². The maximum Gasteiger partial charge on any atom is 0.227 e. The quantitative estimate of drug-likeness (QED) is 0.523. The molecule has 0 unspecified atom stereocenters. The van der Waals surface area contributed by atoms with Gasteiger partial charge in [-0.2, -0.15) is 4.98 Å². The monoisotopic (exact) mass is 180 g/mol. The van der Waals surface area contributed by atoms with Crippen molar-refractivity contribution in [3.63, 3.8) is 0 Å². The second kappa shape index (κ2) is 3.84. The number of hydrogen-bond donors (Lipinski definition) is 2. The molecule has 0 atom stereocenters. The molecule has 0 saturated carbocycles. The number of aromatic nitrogens is 2. The van der Waals surface area contributed by atoms with E-state index in [0.717, 1.165) is 0 Å². The molecule has 1 heterocycles. The lowest BCUT2D eigenvalue weighted by Gasteiger charge is -2.07. The van der Waals surface area contributed by atoms with Crippen LogP contribution in [-0.2, 0) is 0 Å². The van der Waals surface area contributed by atoms with Crippen molar-refractivity contribution >= 4 is 5.84 Å². The minimum Gasteiger partial charge on any atom is -0.477 e. The van der Waals surface area contributed by atoms with Gasteiger partial charge in [-0.3, -0.25) is 5.41 Å².